The second-order valence-electron chi connectivity index (χ2n) is 26.3. The molecule has 1 atom stereocenters. The Kier molecular flexibility index (Phi) is 11.7. The van der Waals surface area contributed by atoms with Gasteiger partial charge in [-0.1, -0.05) is 204 Å². The van der Waals surface area contributed by atoms with E-state index in [1.54, 1.807) is 0 Å². The van der Waals surface area contributed by atoms with Gasteiger partial charge in [-0.3, -0.25) is 0 Å². The van der Waals surface area contributed by atoms with Gasteiger partial charge in [0.15, 0.2) is 0 Å². The second kappa shape index (κ2) is 18.1. The first-order chi connectivity index (χ1) is 37.6. The van der Waals surface area contributed by atoms with Crippen LogP contribution in [0, 0.1) is 3.57 Å². The van der Waals surface area contributed by atoms with E-state index in [1.165, 1.54) is 75.5 Å². The largest absolute Gasteiger partial charge is 0.455 e. The van der Waals surface area contributed by atoms with Gasteiger partial charge in [-0.2, -0.15) is 0 Å². The Labute approximate surface area is 481 Å². The molecular formula is C75H69IN2O. The quantitative estimate of drug-likeness (QED) is 0.155. The predicted molar refractivity (Wildman–Crippen MR) is 344 cm³/mol. The predicted octanol–water partition coefficient (Wildman–Crippen LogP) is 21.8. The Bertz CT molecular complexity index is 4100. The molecule has 13 rings (SSSR count). The van der Waals surface area contributed by atoms with Gasteiger partial charge >= 0.3 is 0 Å². The number of fused-ring (bicyclic) bond motifs is 16. The van der Waals surface area contributed by atoms with E-state index in [9.17, 15) is 0 Å². The smallest absolute Gasteiger partial charge is 0.145 e. The Morgan fingerprint density at radius 2 is 0.759 bits per heavy atom. The van der Waals surface area contributed by atoms with E-state index in [0.29, 0.717) is 0 Å². The van der Waals surface area contributed by atoms with E-state index in [0.717, 1.165) is 61.6 Å². The fourth-order valence-corrected chi connectivity index (χ4v) is 13.5. The van der Waals surface area contributed by atoms with Crippen molar-refractivity contribution in [1.29, 1.82) is 0 Å². The van der Waals surface area contributed by atoms with E-state index in [1.807, 2.05) is 0 Å². The zero-order valence-corrected chi connectivity index (χ0v) is 49.9. The van der Waals surface area contributed by atoms with Gasteiger partial charge in [0.05, 0.1) is 22.2 Å². The summed E-state index contributed by atoms with van der Waals surface area (Å²) in [5, 5.41) is 4.55. The molecule has 0 N–H and O–H groups in total. The summed E-state index contributed by atoms with van der Waals surface area (Å²) in [6.45, 7) is 27.5. The Hall–Kier alpha value is -7.41. The molecule has 0 fully saturated rings. The van der Waals surface area contributed by atoms with Crippen molar-refractivity contribution in [2.24, 2.45) is 0 Å². The summed E-state index contributed by atoms with van der Waals surface area (Å²) in [6.07, 6.45) is 0. The fourth-order valence-electron chi connectivity index (χ4n) is 13.0. The van der Waals surface area contributed by atoms with E-state index in [-0.39, 0.29) is 21.7 Å². The van der Waals surface area contributed by atoms with Gasteiger partial charge in [-0.25, -0.2) is 0 Å². The molecule has 79 heavy (non-hydrogen) atoms. The second-order valence-corrected chi connectivity index (χ2v) is 27.6. The van der Waals surface area contributed by atoms with E-state index < -0.39 is 5.41 Å². The van der Waals surface area contributed by atoms with Gasteiger partial charge in [0.2, 0.25) is 0 Å². The number of hydrogen-bond donors (Lipinski definition) is 0. The first kappa shape index (κ1) is 51.1. The molecule has 392 valence electrons. The normalized spacial score (nSPS) is 14.9. The molecule has 3 nitrogen and oxygen atoms in total. The van der Waals surface area contributed by atoms with Crippen LogP contribution in [-0.4, -0.2) is 0 Å². The van der Waals surface area contributed by atoms with E-state index >= 15 is 0 Å². The van der Waals surface area contributed by atoms with Crippen molar-refractivity contribution >= 4 is 89.4 Å². The number of anilines is 6. The van der Waals surface area contributed by atoms with E-state index in [2.05, 4.69) is 316 Å². The zero-order chi connectivity index (χ0) is 55.1. The summed E-state index contributed by atoms with van der Waals surface area (Å²) >= 11 is 2.54. The van der Waals surface area contributed by atoms with Gasteiger partial charge in [-0.15, -0.1) is 0 Å². The number of furan rings is 1. The molecule has 0 amide bonds. The summed E-state index contributed by atoms with van der Waals surface area (Å²) < 4.78 is 8.75. The Morgan fingerprint density at radius 3 is 1.27 bits per heavy atom. The minimum absolute atomic E-state index is 0.000904. The van der Waals surface area contributed by atoms with Crippen LogP contribution < -0.4 is 9.80 Å². The molecule has 1 aromatic heterocycles. The lowest BCUT2D eigenvalue weighted by molar-refractivity contribution is 0.590. The number of halogens is 1. The van der Waals surface area contributed by atoms with Gasteiger partial charge in [-0.05, 0) is 190 Å². The van der Waals surface area contributed by atoms with Crippen LogP contribution in [0.4, 0.5) is 34.1 Å². The van der Waals surface area contributed by atoms with Crippen LogP contribution in [0.1, 0.15) is 128 Å². The van der Waals surface area contributed by atoms with Gasteiger partial charge in [0.25, 0.3) is 0 Å². The average Bonchev–Trinajstić information content (AvgIpc) is 1.74. The van der Waals surface area contributed by atoms with Crippen molar-refractivity contribution in [2.45, 2.75) is 110 Å². The molecule has 2 aliphatic carbocycles. The highest BCUT2D eigenvalue weighted by Crippen LogP contribution is 2.67. The summed E-state index contributed by atoms with van der Waals surface area (Å²) in [7, 11) is 0. The van der Waals surface area contributed by atoms with Crippen LogP contribution >= 0.6 is 22.6 Å². The topological polar surface area (TPSA) is 19.6 Å². The summed E-state index contributed by atoms with van der Waals surface area (Å²) in [6, 6.07) is 76.4. The minimum Gasteiger partial charge on any atom is -0.455 e. The van der Waals surface area contributed by atoms with Crippen molar-refractivity contribution in [3.8, 4) is 22.3 Å². The van der Waals surface area contributed by atoms with Crippen LogP contribution in [0.25, 0.3) is 55.0 Å². The highest BCUT2D eigenvalue weighted by atomic mass is 127. The standard InChI is InChI=1S/C75H69IN2O/c1-71(2,3)46-25-34-51(35-26-46)77(52-36-27-47(28-37-52)72(4,5)6)64-44-62-67(58-21-14-13-20-57(58)64)69-63(75(62)60-23-17-15-19-55(60)56-42-33-50(76)43-61(56)75)45-65(68-59-22-16-18-24-66(59)79-70(68)69)78(53-38-29-48(30-39-53)73(7,8)9)54-40-31-49(32-41-54)74(10,11)12/h13-45H,1-12H3. The Balaban J connectivity index is 1.19. The molecule has 0 saturated heterocycles. The van der Waals surface area contributed by atoms with Crippen molar-refractivity contribution in [2.75, 3.05) is 9.80 Å². The lowest BCUT2D eigenvalue weighted by Gasteiger charge is -2.34. The molecule has 0 saturated carbocycles. The first-order valence-electron chi connectivity index (χ1n) is 28.1. The summed E-state index contributed by atoms with van der Waals surface area (Å²) in [5.74, 6) is 0. The molecule has 0 bridgehead atoms. The van der Waals surface area contributed by atoms with Crippen molar-refractivity contribution in [3.63, 3.8) is 0 Å². The third-order valence-electron chi connectivity index (χ3n) is 17.2. The molecule has 0 radical (unpaired) electrons. The maximum absolute atomic E-state index is 7.55. The third-order valence-corrected chi connectivity index (χ3v) is 17.8. The summed E-state index contributed by atoms with van der Waals surface area (Å²) in [4.78, 5) is 5.02. The Morgan fingerprint density at radius 1 is 0.354 bits per heavy atom. The SMILES string of the molecule is CC(C)(C)c1ccc(N(c2ccc(C(C)(C)C)cc2)c2cc3c(c4ccccc24)-c2c(cc(N(c4ccc(C(C)(C)C)cc4)c4ccc(C(C)(C)C)cc4)c4c2oc2ccccc24)C32c3ccccc3-c3ccc(I)cc32)cc1. The molecule has 11 aromatic rings. The molecule has 2 aliphatic rings. The van der Waals surface area contributed by atoms with Crippen LogP contribution in [0.5, 0.6) is 0 Å². The molecule has 1 spiro atoms. The molecule has 1 heterocycles. The van der Waals surface area contributed by atoms with Crippen LogP contribution in [0.2, 0.25) is 0 Å². The highest BCUT2D eigenvalue weighted by molar-refractivity contribution is 14.1. The maximum atomic E-state index is 7.55. The average molecular weight is 1140 g/mol. The lowest BCUT2D eigenvalue weighted by atomic mass is 9.70. The van der Waals surface area contributed by atoms with Crippen LogP contribution in [0.15, 0.2) is 205 Å². The fraction of sp³-hybridized carbons (Fsp3) is 0.227. The van der Waals surface area contributed by atoms with Gasteiger partial charge in [0, 0.05) is 42.7 Å². The molecular weight excluding hydrogens is 1070 g/mol. The van der Waals surface area contributed by atoms with Gasteiger partial charge in [0.1, 0.15) is 11.2 Å². The van der Waals surface area contributed by atoms with Crippen molar-refractivity contribution < 1.29 is 4.42 Å². The molecule has 4 heteroatoms. The monoisotopic (exact) mass is 1140 g/mol. The number of hydrogen-bond acceptors (Lipinski definition) is 3. The molecule has 0 aliphatic heterocycles. The van der Waals surface area contributed by atoms with Crippen molar-refractivity contribution in [1.82, 2.24) is 0 Å². The first-order valence-corrected chi connectivity index (χ1v) is 29.2. The van der Waals surface area contributed by atoms with Crippen molar-refractivity contribution in [3.05, 3.63) is 248 Å². The minimum atomic E-state index is -0.756. The molecule has 1 unspecified atom stereocenters. The van der Waals surface area contributed by atoms with Gasteiger partial charge < -0.3 is 14.2 Å². The number of rotatable bonds is 6. The number of benzene rings is 10. The maximum Gasteiger partial charge on any atom is 0.145 e. The number of nitrogens with zero attached hydrogens (tertiary/aromatic N) is 2. The third kappa shape index (κ3) is 8.09. The van der Waals surface area contributed by atoms with Crippen LogP contribution in [0.3, 0.4) is 0 Å². The lowest BCUT2D eigenvalue weighted by Crippen LogP contribution is -2.27. The highest BCUT2D eigenvalue weighted by Gasteiger charge is 2.54. The molecule has 10 aromatic carbocycles. The zero-order valence-electron chi connectivity index (χ0n) is 47.7. The van der Waals surface area contributed by atoms with Crippen LogP contribution in [-0.2, 0) is 27.1 Å². The number of para-hydroxylation sites is 1. The summed E-state index contributed by atoms with van der Waals surface area (Å²) in [5.41, 5.74) is 22.7. The van der Waals surface area contributed by atoms with E-state index in [4.69, 9.17) is 4.42 Å².